The molecule has 0 radical (unpaired) electrons. The fourth-order valence-electron chi connectivity index (χ4n) is 3.57. The Hall–Kier alpha value is -2.70. The standard InChI is InChI=1S/C23H23NO4S/c25-23(28-21-11-10-19-5-1-2-6-20(19)17-21)14-9-18-7-12-22(13-8-18)29(26,27)24-15-3-4-16-24/h1-2,5-8,10-13,17H,3-4,9,14-16H2. The fraction of sp³-hybridized carbons (Fsp3) is 0.261. The van der Waals surface area contributed by atoms with Crippen molar-refractivity contribution in [2.45, 2.75) is 30.6 Å². The molecule has 4 rings (SSSR count). The first kappa shape index (κ1) is 19.6. The van der Waals surface area contributed by atoms with Crippen LogP contribution in [0.4, 0.5) is 0 Å². The van der Waals surface area contributed by atoms with Gasteiger partial charge in [0.05, 0.1) is 4.90 Å². The second-order valence-electron chi connectivity index (χ2n) is 7.24. The molecule has 0 aliphatic carbocycles. The van der Waals surface area contributed by atoms with Crippen molar-refractivity contribution in [2.75, 3.05) is 13.1 Å². The molecule has 0 aromatic heterocycles. The van der Waals surface area contributed by atoms with Crippen LogP contribution in [0.25, 0.3) is 10.8 Å². The van der Waals surface area contributed by atoms with Gasteiger partial charge in [-0.3, -0.25) is 4.79 Å². The van der Waals surface area contributed by atoms with Crippen molar-refractivity contribution in [3.63, 3.8) is 0 Å². The zero-order valence-corrected chi connectivity index (χ0v) is 16.9. The number of carbonyl (C=O) groups excluding carboxylic acids is 1. The summed E-state index contributed by atoms with van der Waals surface area (Å²) in [5.41, 5.74) is 0.904. The Bertz CT molecular complexity index is 1120. The normalized spacial score (nSPS) is 14.9. The lowest BCUT2D eigenvalue weighted by Crippen LogP contribution is -2.27. The molecule has 0 bridgehead atoms. The van der Waals surface area contributed by atoms with Crippen LogP contribution in [0, 0.1) is 0 Å². The Morgan fingerprint density at radius 1 is 0.897 bits per heavy atom. The summed E-state index contributed by atoms with van der Waals surface area (Å²) >= 11 is 0. The molecule has 0 saturated carbocycles. The molecule has 0 unspecified atom stereocenters. The summed E-state index contributed by atoms with van der Waals surface area (Å²) in [5, 5.41) is 2.11. The van der Waals surface area contributed by atoms with Crippen molar-refractivity contribution in [3.8, 4) is 5.75 Å². The molecule has 1 heterocycles. The molecule has 29 heavy (non-hydrogen) atoms. The Morgan fingerprint density at radius 2 is 1.59 bits per heavy atom. The highest BCUT2D eigenvalue weighted by Gasteiger charge is 2.26. The molecular weight excluding hydrogens is 386 g/mol. The van der Waals surface area contributed by atoms with Crippen molar-refractivity contribution in [1.82, 2.24) is 4.31 Å². The van der Waals surface area contributed by atoms with E-state index >= 15 is 0 Å². The van der Waals surface area contributed by atoms with Crippen LogP contribution in [0.5, 0.6) is 5.75 Å². The minimum Gasteiger partial charge on any atom is -0.426 e. The number of hydrogen-bond acceptors (Lipinski definition) is 4. The molecule has 1 aliphatic heterocycles. The summed E-state index contributed by atoms with van der Waals surface area (Å²) < 4.78 is 32.1. The minimum atomic E-state index is -3.40. The number of aryl methyl sites for hydroxylation is 1. The fourth-order valence-corrected chi connectivity index (χ4v) is 5.08. The minimum absolute atomic E-state index is 0.227. The molecule has 1 aliphatic rings. The van der Waals surface area contributed by atoms with Gasteiger partial charge in [0, 0.05) is 19.5 Å². The van der Waals surface area contributed by atoms with Crippen LogP contribution in [-0.2, 0) is 21.2 Å². The average molecular weight is 410 g/mol. The van der Waals surface area contributed by atoms with Crippen molar-refractivity contribution in [1.29, 1.82) is 0 Å². The summed E-state index contributed by atoms with van der Waals surface area (Å²) in [6, 6.07) is 20.3. The molecule has 0 atom stereocenters. The first-order chi connectivity index (χ1) is 14.0. The number of nitrogens with zero attached hydrogens (tertiary/aromatic N) is 1. The van der Waals surface area contributed by atoms with Crippen LogP contribution in [0.3, 0.4) is 0 Å². The van der Waals surface area contributed by atoms with Gasteiger partial charge in [0.1, 0.15) is 5.75 Å². The van der Waals surface area contributed by atoms with Gasteiger partial charge >= 0.3 is 5.97 Å². The van der Waals surface area contributed by atoms with Gasteiger partial charge < -0.3 is 4.74 Å². The lowest BCUT2D eigenvalue weighted by atomic mass is 10.1. The summed E-state index contributed by atoms with van der Waals surface area (Å²) in [6.45, 7) is 1.18. The number of hydrogen-bond donors (Lipinski definition) is 0. The SMILES string of the molecule is O=C(CCc1ccc(S(=O)(=O)N2CCCC2)cc1)Oc1ccc2ccccc2c1. The predicted molar refractivity (Wildman–Crippen MR) is 112 cm³/mol. The van der Waals surface area contributed by atoms with E-state index in [9.17, 15) is 13.2 Å². The van der Waals surface area contributed by atoms with Gasteiger partial charge in [0.15, 0.2) is 0 Å². The number of fused-ring (bicyclic) bond motifs is 1. The molecular formula is C23H23NO4S. The summed E-state index contributed by atoms with van der Waals surface area (Å²) in [5.74, 6) is 0.217. The lowest BCUT2D eigenvalue weighted by Gasteiger charge is -2.15. The molecule has 5 nitrogen and oxygen atoms in total. The van der Waals surface area contributed by atoms with Crippen LogP contribution in [0.15, 0.2) is 71.6 Å². The van der Waals surface area contributed by atoms with Crippen LogP contribution < -0.4 is 4.74 Å². The van der Waals surface area contributed by atoms with Crippen LogP contribution >= 0.6 is 0 Å². The third-order valence-electron chi connectivity index (χ3n) is 5.20. The molecule has 0 amide bonds. The first-order valence-electron chi connectivity index (χ1n) is 9.81. The Kier molecular flexibility index (Phi) is 5.65. The number of sulfonamides is 1. The third kappa shape index (κ3) is 4.49. The maximum Gasteiger partial charge on any atom is 0.311 e. The second kappa shape index (κ2) is 8.35. The first-order valence-corrected chi connectivity index (χ1v) is 11.2. The average Bonchev–Trinajstić information content (AvgIpc) is 3.28. The van der Waals surface area contributed by atoms with Crippen LogP contribution in [0.2, 0.25) is 0 Å². The molecule has 3 aromatic carbocycles. The van der Waals surface area contributed by atoms with E-state index in [-0.39, 0.29) is 12.4 Å². The molecule has 1 saturated heterocycles. The number of carbonyl (C=O) groups is 1. The Labute approximate surface area is 171 Å². The van der Waals surface area contributed by atoms with Crippen LogP contribution in [-0.4, -0.2) is 31.8 Å². The topological polar surface area (TPSA) is 63.7 Å². The highest BCUT2D eigenvalue weighted by Crippen LogP contribution is 2.23. The zero-order valence-electron chi connectivity index (χ0n) is 16.1. The van der Waals surface area contributed by atoms with Crippen molar-refractivity contribution >= 4 is 26.8 Å². The van der Waals surface area contributed by atoms with Gasteiger partial charge in [0.25, 0.3) is 0 Å². The Balaban J connectivity index is 1.35. The van der Waals surface area contributed by atoms with Crippen molar-refractivity contribution in [2.24, 2.45) is 0 Å². The summed E-state index contributed by atoms with van der Waals surface area (Å²) in [7, 11) is -3.40. The van der Waals surface area contributed by atoms with Crippen molar-refractivity contribution < 1.29 is 17.9 Å². The highest BCUT2D eigenvalue weighted by molar-refractivity contribution is 7.89. The molecule has 150 valence electrons. The molecule has 3 aromatic rings. The number of rotatable bonds is 6. The maximum atomic E-state index is 12.6. The van der Waals surface area contributed by atoms with Gasteiger partial charge in [-0.15, -0.1) is 0 Å². The van der Waals surface area contributed by atoms with Crippen molar-refractivity contribution in [3.05, 3.63) is 72.3 Å². The third-order valence-corrected chi connectivity index (χ3v) is 7.11. The summed E-state index contributed by atoms with van der Waals surface area (Å²) in [6.07, 6.45) is 2.55. The number of benzene rings is 3. The molecule has 0 N–H and O–H groups in total. The van der Waals surface area contributed by atoms with E-state index in [2.05, 4.69) is 0 Å². The monoisotopic (exact) mass is 409 g/mol. The number of ether oxygens (including phenoxy) is 1. The molecule has 0 spiro atoms. The van der Waals surface area contributed by atoms with E-state index in [0.29, 0.717) is 30.2 Å². The lowest BCUT2D eigenvalue weighted by molar-refractivity contribution is -0.134. The van der Waals surface area contributed by atoms with E-state index in [1.807, 2.05) is 36.4 Å². The number of esters is 1. The van der Waals surface area contributed by atoms with Gasteiger partial charge in [-0.2, -0.15) is 4.31 Å². The van der Waals surface area contributed by atoms with Gasteiger partial charge in [-0.25, -0.2) is 8.42 Å². The van der Waals surface area contributed by atoms with Crippen LogP contribution in [0.1, 0.15) is 24.8 Å². The van der Waals surface area contributed by atoms with E-state index in [0.717, 1.165) is 29.2 Å². The second-order valence-corrected chi connectivity index (χ2v) is 9.18. The zero-order chi connectivity index (χ0) is 20.3. The summed E-state index contributed by atoms with van der Waals surface area (Å²) in [4.78, 5) is 12.5. The van der Waals surface area contributed by atoms with E-state index in [1.54, 1.807) is 30.3 Å². The highest BCUT2D eigenvalue weighted by atomic mass is 32.2. The smallest absolute Gasteiger partial charge is 0.311 e. The Morgan fingerprint density at radius 3 is 2.31 bits per heavy atom. The van der Waals surface area contributed by atoms with Gasteiger partial charge in [-0.1, -0.05) is 42.5 Å². The molecule has 1 fully saturated rings. The van der Waals surface area contributed by atoms with Gasteiger partial charge in [-0.05, 0) is 59.9 Å². The quantitative estimate of drug-likeness (QED) is 0.453. The largest absolute Gasteiger partial charge is 0.426 e. The van der Waals surface area contributed by atoms with E-state index < -0.39 is 10.0 Å². The predicted octanol–water partition coefficient (Wildman–Crippen LogP) is 4.16. The maximum absolute atomic E-state index is 12.6. The van der Waals surface area contributed by atoms with Gasteiger partial charge in [0.2, 0.25) is 10.0 Å². The van der Waals surface area contributed by atoms with E-state index in [1.165, 1.54) is 4.31 Å². The molecule has 6 heteroatoms. The van der Waals surface area contributed by atoms with E-state index in [4.69, 9.17) is 4.74 Å².